The van der Waals surface area contributed by atoms with Crippen LogP contribution in [0.4, 0.5) is 10.5 Å². The van der Waals surface area contributed by atoms with Crippen LogP contribution >= 0.6 is 0 Å². The van der Waals surface area contributed by atoms with Gasteiger partial charge in [0.25, 0.3) is 5.91 Å². The summed E-state index contributed by atoms with van der Waals surface area (Å²) in [4.78, 5) is 36.7. The predicted octanol–water partition coefficient (Wildman–Crippen LogP) is 2.65. The summed E-state index contributed by atoms with van der Waals surface area (Å²) in [7, 11) is 0. The molecule has 1 atom stereocenters. The Balaban J connectivity index is 1.72. The van der Waals surface area contributed by atoms with Crippen molar-refractivity contribution >= 4 is 17.6 Å². The molecule has 142 valence electrons. The highest BCUT2D eigenvalue weighted by atomic mass is 16.6. The molecule has 2 heterocycles. The van der Waals surface area contributed by atoms with Gasteiger partial charge in [0.05, 0.1) is 11.5 Å². The summed E-state index contributed by atoms with van der Waals surface area (Å²) in [5, 5.41) is 13.7. The molecule has 27 heavy (non-hydrogen) atoms. The van der Waals surface area contributed by atoms with E-state index in [1.807, 2.05) is 0 Å². The van der Waals surface area contributed by atoms with Crippen molar-refractivity contribution in [3.8, 4) is 5.75 Å². The maximum absolute atomic E-state index is 12.9. The van der Waals surface area contributed by atoms with Gasteiger partial charge in [0.2, 0.25) is 0 Å². The molecule has 9 heteroatoms. The Hall–Kier alpha value is -3.36. The normalized spacial score (nSPS) is 19.3. The SMILES string of the molecule is Cc1cc(C2(C)NC(=O)N(CCOc3ccccc3[N+](=O)[O-])C2=O)c(C)o1. The number of nitro groups is 1. The van der Waals surface area contributed by atoms with Crippen molar-refractivity contribution in [1.29, 1.82) is 0 Å². The Morgan fingerprint density at radius 3 is 2.63 bits per heavy atom. The number of furan rings is 1. The van der Waals surface area contributed by atoms with Crippen molar-refractivity contribution in [3.05, 3.63) is 57.5 Å². The quantitative estimate of drug-likeness (QED) is 0.473. The number of aryl methyl sites for hydroxylation is 2. The van der Waals surface area contributed by atoms with Gasteiger partial charge in [0, 0.05) is 11.6 Å². The molecule has 0 bridgehead atoms. The van der Waals surface area contributed by atoms with Crippen molar-refractivity contribution in [2.45, 2.75) is 26.3 Å². The number of para-hydroxylation sites is 2. The number of nitrogens with one attached hydrogen (secondary N) is 1. The summed E-state index contributed by atoms with van der Waals surface area (Å²) >= 11 is 0. The number of rotatable bonds is 6. The molecule has 1 N–H and O–H groups in total. The number of benzene rings is 1. The number of ether oxygens (including phenoxy) is 1. The highest BCUT2D eigenvalue weighted by Gasteiger charge is 2.50. The molecule has 1 saturated heterocycles. The first-order chi connectivity index (χ1) is 12.7. The molecule has 1 fully saturated rings. The summed E-state index contributed by atoms with van der Waals surface area (Å²) in [6.07, 6.45) is 0. The fourth-order valence-corrected chi connectivity index (χ4v) is 3.19. The van der Waals surface area contributed by atoms with E-state index >= 15 is 0 Å². The van der Waals surface area contributed by atoms with Crippen LogP contribution in [0.3, 0.4) is 0 Å². The van der Waals surface area contributed by atoms with Gasteiger partial charge >= 0.3 is 11.7 Å². The number of carbonyl (C=O) groups is 2. The third-order valence-electron chi connectivity index (χ3n) is 4.49. The molecule has 3 amide bonds. The van der Waals surface area contributed by atoms with Crippen molar-refractivity contribution < 1.29 is 23.7 Å². The van der Waals surface area contributed by atoms with Crippen molar-refractivity contribution in [1.82, 2.24) is 10.2 Å². The van der Waals surface area contributed by atoms with E-state index in [1.165, 1.54) is 18.2 Å². The fraction of sp³-hybridized carbons (Fsp3) is 0.333. The number of imide groups is 1. The first kappa shape index (κ1) is 18.4. The minimum Gasteiger partial charge on any atom is -0.485 e. The number of hydrogen-bond donors (Lipinski definition) is 1. The Labute approximate surface area is 155 Å². The summed E-state index contributed by atoms with van der Waals surface area (Å²) < 4.78 is 10.9. The Morgan fingerprint density at radius 1 is 1.30 bits per heavy atom. The van der Waals surface area contributed by atoms with Crippen LogP contribution in [-0.2, 0) is 10.3 Å². The average molecular weight is 373 g/mol. The molecule has 3 rings (SSSR count). The number of nitrogens with zero attached hydrogens (tertiary/aromatic N) is 2. The second-order valence-corrected chi connectivity index (χ2v) is 6.41. The molecular weight excluding hydrogens is 354 g/mol. The standard InChI is InChI=1S/C18H19N3O6/c1-11-10-13(12(2)27-11)18(3)16(22)20(17(23)19-18)8-9-26-15-7-5-4-6-14(15)21(24)25/h4-7,10H,8-9H2,1-3H3,(H,19,23). The van der Waals surface area contributed by atoms with E-state index in [0.29, 0.717) is 17.1 Å². The van der Waals surface area contributed by atoms with Crippen LogP contribution in [0.15, 0.2) is 34.7 Å². The molecule has 0 spiro atoms. The zero-order chi connectivity index (χ0) is 19.8. The Morgan fingerprint density at radius 2 is 2.00 bits per heavy atom. The van der Waals surface area contributed by atoms with E-state index in [9.17, 15) is 19.7 Å². The molecule has 0 saturated carbocycles. The summed E-state index contributed by atoms with van der Waals surface area (Å²) in [6, 6.07) is 7.10. The maximum Gasteiger partial charge on any atom is 0.325 e. The molecule has 1 aliphatic heterocycles. The van der Waals surface area contributed by atoms with E-state index in [-0.39, 0.29) is 24.6 Å². The molecule has 0 aliphatic carbocycles. The lowest BCUT2D eigenvalue weighted by molar-refractivity contribution is -0.385. The van der Waals surface area contributed by atoms with Gasteiger partial charge in [-0.15, -0.1) is 0 Å². The van der Waals surface area contributed by atoms with Gasteiger partial charge < -0.3 is 14.5 Å². The molecule has 1 unspecified atom stereocenters. The second kappa shape index (κ2) is 6.75. The first-order valence-electron chi connectivity index (χ1n) is 8.32. The molecule has 1 aromatic heterocycles. The molecule has 2 aromatic rings. The van der Waals surface area contributed by atoms with E-state index < -0.39 is 22.4 Å². The van der Waals surface area contributed by atoms with Gasteiger partial charge in [-0.25, -0.2) is 4.79 Å². The Bertz CT molecular complexity index is 922. The first-order valence-corrected chi connectivity index (χ1v) is 8.32. The topological polar surface area (TPSA) is 115 Å². The molecule has 9 nitrogen and oxygen atoms in total. The van der Waals surface area contributed by atoms with Crippen LogP contribution in [0.5, 0.6) is 5.75 Å². The third-order valence-corrected chi connectivity index (χ3v) is 4.49. The van der Waals surface area contributed by atoms with Crippen molar-refractivity contribution in [3.63, 3.8) is 0 Å². The van der Waals surface area contributed by atoms with Crippen LogP contribution in [0, 0.1) is 24.0 Å². The van der Waals surface area contributed by atoms with Crippen LogP contribution in [0.2, 0.25) is 0 Å². The van der Waals surface area contributed by atoms with E-state index in [2.05, 4.69) is 5.32 Å². The lowest BCUT2D eigenvalue weighted by Gasteiger charge is -2.21. The molecular formula is C18H19N3O6. The van der Waals surface area contributed by atoms with E-state index in [4.69, 9.17) is 9.15 Å². The zero-order valence-electron chi connectivity index (χ0n) is 15.1. The predicted molar refractivity (Wildman–Crippen MR) is 94.4 cm³/mol. The largest absolute Gasteiger partial charge is 0.485 e. The number of nitro benzene ring substituents is 1. The van der Waals surface area contributed by atoms with Gasteiger partial charge in [0.1, 0.15) is 23.7 Å². The van der Waals surface area contributed by atoms with Gasteiger partial charge in [-0.1, -0.05) is 12.1 Å². The summed E-state index contributed by atoms with van der Waals surface area (Å²) in [5.74, 6) is 0.854. The zero-order valence-corrected chi connectivity index (χ0v) is 15.1. The molecule has 1 aliphatic rings. The van der Waals surface area contributed by atoms with Crippen LogP contribution < -0.4 is 10.1 Å². The average Bonchev–Trinajstić information content (AvgIpc) is 3.06. The van der Waals surface area contributed by atoms with E-state index in [1.54, 1.807) is 32.9 Å². The van der Waals surface area contributed by atoms with Crippen LogP contribution in [0.1, 0.15) is 24.0 Å². The summed E-state index contributed by atoms with van der Waals surface area (Å²) in [6.45, 7) is 5.01. The highest BCUT2D eigenvalue weighted by molar-refractivity contribution is 6.07. The minimum absolute atomic E-state index is 0.0395. The third kappa shape index (κ3) is 3.23. The van der Waals surface area contributed by atoms with Gasteiger partial charge in [0.15, 0.2) is 5.75 Å². The smallest absolute Gasteiger partial charge is 0.325 e. The lowest BCUT2D eigenvalue weighted by Crippen LogP contribution is -2.41. The van der Waals surface area contributed by atoms with Gasteiger partial charge in [-0.3, -0.25) is 19.8 Å². The number of urea groups is 1. The van der Waals surface area contributed by atoms with E-state index in [0.717, 1.165) is 4.90 Å². The van der Waals surface area contributed by atoms with Crippen molar-refractivity contribution in [2.75, 3.05) is 13.2 Å². The van der Waals surface area contributed by atoms with Crippen LogP contribution in [0.25, 0.3) is 0 Å². The Kier molecular flexibility index (Phi) is 4.61. The van der Waals surface area contributed by atoms with Crippen LogP contribution in [-0.4, -0.2) is 34.9 Å². The van der Waals surface area contributed by atoms with Gasteiger partial charge in [-0.2, -0.15) is 0 Å². The lowest BCUT2D eigenvalue weighted by atomic mass is 9.92. The maximum atomic E-state index is 12.9. The molecule has 0 radical (unpaired) electrons. The van der Waals surface area contributed by atoms with Gasteiger partial charge in [-0.05, 0) is 32.9 Å². The fourth-order valence-electron chi connectivity index (χ4n) is 3.19. The monoisotopic (exact) mass is 373 g/mol. The number of carbonyl (C=O) groups excluding carboxylic acids is 2. The molecule has 1 aromatic carbocycles. The minimum atomic E-state index is -1.22. The second-order valence-electron chi connectivity index (χ2n) is 6.41. The highest BCUT2D eigenvalue weighted by Crippen LogP contribution is 2.33. The number of amides is 3. The van der Waals surface area contributed by atoms with Crippen molar-refractivity contribution in [2.24, 2.45) is 0 Å². The number of hydrogen-bond acceptors (Lipinski definition) is 6. The summed E-state index contributed by atoms with van der Waals surface area (Å²) in [5.41, 5.74) is -0.804.